The standard InChI is InChI=1S/C20H26N4O3S.2ClH/c1-2-27-19(25)13-24(12-16-5-3-15(10-21)4-6-16)17-9-18(22-11-17)20(26)23-7-8-28-14-23;;/h3-6,17-18,22H,2,7-9,11-14H2,1H3;2*1H/t17-,18-;;/m0../s1. The van der Waals surface area contributed by atoms with Gasteiger partial charge in [0.1, 0.15) is 0 Å². The average molecular weight is 475 g/mol. The highest BCUT2D eigenvalue weighted by Crippen LogP contribution is 2.21. The van der Waals surface area contributed by atoms with Gasteiger partial charge in [-0.15, -0.1) is 36.6 Å². The smallest absolute Gasteiger partial charge is 0.320 e. The van der Waals surface area contributed by atoms with Gasteiger partial charge in [-0.2, -0.15) is 5.26 Å². The fraction of sp³-hybridized carbons (Fsp3) is 0.550. The zero-order chi connectivity index (χ0) is 19.9. The molecule has 0 aliphatic carbocycles. The Morgan fingerprint density at radius 2 is 2.07 bits per heavy atom. The number of nitrogens with zero attached hydrogens (tertiary/aromatic N) is 3. The Bertz CT molecular complexity index is 739. The van der Waals surface area contributed by atoms with Crippen LogP contribution in [0.1, 0.15) is 24.5 Å². The maximum Gasteiger partial charge on any atom is 0.320 e. The second-order valence-corrected chi connectivity index (χ2v) is 8.08. The molecule has 2 aliphatic rings. The highest BCUT2D eigenvalue weighted by molar-refractivity contribution is 7.99. The summed E-state index contributed by atoms with van der Waals surface area (Å²) in [6.45, 7) is 4.36. The summed E-state index contributed by atoms with van der Waals surface area (Å²) in [5.74, 6) is 1.65. The number of thioether (sulfide) groups is 1. The van der Waals surface area contributed by atoms with E-state index >= 15 is 0 Å². The number of benzene rings is 1. The summed E-state index contributed by atoms with van der Waals surface area (Å²) >= 11 is 1.78. The number of nitriles is 1. The Labute approximate surface area is 194 Å². The summed E-state index contributed by atoms with van der Waals surface area (Å²) in [6, 6.07) is 9.36. The van der Waals surface area contributed by atoms with Crippen LogP contribution in [0.15, 0.2) is 24.3 Å². The number of halogens is 2. The Morgan fingerprint density at radius 3 is 2.67 bits per heavy atom. The van der Waals surface area contributed by atoms with Gasteiger partial charge < -0.3 is 15.0 Å². The zero-order valence-electron chi connectivity index (χ0n) is 16.9. The lowest BCUT2D eigenvalue weighted by Gasteiger charge is -2.28. The number of carbonyl (C=O) groups is 2. The third kappa shape index (κ3) is 7.03. The molecule has 1 amide bonds. The number of rotatable bonds is 7. The summed E-state index contributed by atoms with van der Waals surface area (Å²) in [6.07, 6.45) is 0.676. The van der Waals surface area contributed by atoms with Gasteiger partial charge in [0.2, 0.25) is 5.91 Å². The average Bonchev–Trinajstić information content (AvgIpc) is 3.40. The van der Waals surface area contributed by atoms with Crippen LogP contribution in [0.3, 0.4) is 0 Å². The van der Waals surface area contributed by atoms with Gasteiger partial charge in [-0.25, -0.2) is 0 Å². The summed E-state index contributed by atoms with van der Waals surface area (Å²) in [4.78, 5) is 28.8. The summed E-state index contributed by atoms with van der Waals surface area (Å²) in [5.41, 5.74) is 1.63. The lowest BCUT2D eigenvalue weighted by molar-refractivity contribution is -0.145. The van der Waals surface area contributed by atoms with E-state index in [4.69, 9.17) is 10.00 Å². The first kappa shape index (κ1) is 26.5. The van der Waals surface area contributed by atoms with Crippen molar-refractivity contribution in [1.82, 2.24) is 15.1 Å². The van der Waals surface area contributed by atoms with Crippen LogP contribution in [0.2, 0.25) is 0 Å². The number of hydrogen-bond donors (Lipinski definition) is 1. The monoisotopic (exact) mass is 474 g/mol. The fourth-order valence-electron chi connectivity index (χ4n) is 3.60. The van der Waals surface area contributed by atoms with Crippen molar-refractivity contribution in [2.75, 3.05) is 37.9 Å². The van der Waals surface area contributed by atoms with E-state index in [0.29, 0.717) is 31.7 Å². The van der Waals surface area contributed by atoms with Crippen LogP contribution in [-0.2, 0) is 20.9 Å². The lowest BCUT2D eigenvalue weighted by atomic mass is 10.1. The molecule has 3 rings (SSSR count). The number of nitrogens with one attached hydrogen (secondary N) is 1. The molecule has 0 spiro atoms. The molecular formula is C20H28Cl2N4O3S. The van der Waals surface area contributed by atoms with Crippen molar-refractivity contribution in [2.45, 2.75) is 32.0 Å². The second kappa shape index (κ2) is 13.0. The van der Waals surface area contributed by atoms with E-state index in [1.54, 1.807) is 30.8 Å². The first-order valence-corrected chi connectivity index (χ1v) is 10.7. The molecule has 2 fully saturated rings. The third-order valence-electron chi connectivity index (χ3n) is 5.09. The van der Waals surface area contributed by atoms with E-state index < -0.39 is 0 Å². The van der Waals surface area contributed by atoms with Crippen molar-refractivity contribution >= 4 is 48.5 Å². The second-order valence-electron chi connectivity index (χ2n) is 7.01. The van der Waals surface area contributed by atoms with Crippen LogP contribution >= 0.6 is 36.6 Å². The summed E-state index contributed by atoms with van der Waals surface area (Å²) in [7, 11) is 0. The zero-order valence-corrected chi connectivity index (χ0v) is 19.4. The highest BCUT2D eigenvalue weighted by Gasteiger charge is 2.36. The Balaban J connectivity index is 0.00000225. The molecule has 7 nitrogen and oxygen atoms in total. The van der Waals surface area contributed by atoms with Crippen molar-refractivity contribution in [1.29, 1.82) is 5.26 Å². The number of esters is 1. The van der Waals surface area contributed by atoms with Gasteiger partial charge >= 0.3 is 5.97 Å². The molecule has 2 saturated heterocycles. The highest BCUT2D eigenvalue weighted by atomic mass is 35.5. The molecule has 30 heavy (non-hydrogen) atoms. The third-order valence-corrected chi connectivity index (χ3v) is 6.06. The molecule has 1 aromatic rings. The molecular weight excluding hydrogens is 447 g/mol. The Hall–Kier alpha value is -1.50. The van der Waals surface area contributed by atoms with Gasteiger partial charge in [-0.1, -0.05) is 12.1 Å². The normalized spacial score (nSPS) is 20.2. The van der Waals surface area contributed by atoms with Crippen molar-refractivity contribution in [3.8, 4) is 6.07 Å². The van der Waals surface area contributed by atoms with E-state index in [9.17, 15) is 9.59 Å². The van der Waals surface area contributed by atoms with Crippen molar-refractivity contribution in [3.63, 3.8) is 0 Å². The fourth-order valence-corrected chi connectivity index (χ4v) is 4.55. The SMILES string of the molecule is CCOC(=O)CN(Cc1ccc(C#N)cc1)[C@@H]1CN[C@H](C(=O)N2CCSC2)C1.Cl.Cl. The summed E-state index contributed by atoms with van der Waals surface area (Å²) in [5, 5.41) is 12.3. The number of hydrogen-bond acceptors (Lipinski definition) is 7. The van der Waals surface area contributed by atoms with Gasteiger partial charge in [0.25, 0.3) is 0 Å². The van der Waals surface area contributed by atoms with Gasteiger partial charge in [0, 0.05) is 31.4 Å². The number of carbonyl (C=O) groups excluding carboxylic acids is 2. The summed E-state index contributed by atoms with van der Waals surface area (Å²) < 4.78 is 5.14. The number of amides is 1. The van der Waals surface area contributed by atoms with E-state index in [0.717, 1.165) is 23.7 Å². The van der Waals surface area contributed by atoms with E-state index in [1.165, 1.54) is 0 Å². The van der Waals surface area contributed by atoms with Crippen LogP contribution in [0.4, 0.5) is 0 Å². The van der Waals surface area contributed by atoms with Crippen LogP contribution in [-0.4, -0.2) is 71.6 Å². The van der Waals surface area contributed by atoms with E-state index in [1.807, 2.05) is 17.0 Å². The minimum Gasteiger partial charge on any atom is -0.465 e. The van der Waals surface area contributed by atoms with Crippen LogP contribution in [0.5, 0.6) is 0 Å². The quantitative estimate of drug-likeness (QED) is 0.604. The van der Waals surface area contributed by atoms with Crippen molar-refractivity contribution in [2.24, 2.45) is 0 Å². The predicted octanol–water partition coefficient (Wildman–Crippen LogP) is 2.03. The molecule has 0 unspecified atom stereocenters. The van der Waals surface area contributed by atoms with Crippen LogP contribution < -0.4 is 5.32 Å². The van der Waals surface area contributed by atoms with E-state index in [2.05, 4.69) is 16.3 Å². The molecule has 1 N–H and O–H groups in total. The van der Waals surface area contributed by atoms with Gasteiger partial charge in [-0.3, -0.25) is 14.5 Å². The molecule has 10 heteroatoms. The molecule has 2 atom stereocenters. The van der Waals surface area contributed by atoms with Crippen molar-refractivity contribution < 1.29 is 14.3 Å². The van der Waals surface area contributed by atoms with Gasteiger partial charge in [-0.05, 0) is 31.0 Å². The first-order chi connectivity index (χ1) is 13.6. The van der Waals surface area contributed by atoms with Crippen LogP contribution in [0.25, 0.3) is 0 Å². The molecule has 0 aromatic heterocycles. The lowest BCUT2D eigenvalue weighted by Crippen LogP contribution is -2.42. The van der Waals surface area contributed by atoms with Crippen LogP contribution in [0, 0.1) is 11.3 Å². The van der Waals surface area contributed by atoms with Crippen molar-refractivity contribution in [3.05, 3.63) is 35.4 Å². The molecule has 0 radical (unpaired) electrons. The largest absolute Gasteiger partial charge is 0.465 e. The molecule has 166 valence electrons. The minimum absolute atomic E-state index is 0. The Kier molecular flexibility index (Phi) is 11.5. The molecule has 2 heterocycles. The van der Waals surface area contributed by atoms with Gasteiger partial charge in [0.05, 0.1) is 36.7 Å². The molecule has 0 bridgehead atoms. The molecule has 0 saturated carbocycles. The first-order valence-electron chi connectivity index (χ1n) is 9.59. The maximum absolute atomic E-state index is 12.7. The maximum atomic E-state index is 12.7. The minimum atomic E-state index is -0.262. The van der Waals surface area contributed by atoms with Gasteiger partial charge in [0.15, 0.2) is 0 Å². The molecule has 2 aliphatic heterocycles. The predicted molar refractivity (Wildman–Crippen MR) is 122 cm³/mol. The van der Waals surface area contributed by atoms with E-state index in [-0.39, 0.29) is 55.3 Å². The topological polar surface area (TPSA) is 85.7 Å². The molecule has 1 aromatic carbocycles. The Morgan fingerprint density at radius 1 is 1.33 bits per heavy atom. The number of ether oxygens (including phenoxy) is 1.